The normalized spacial score (nSPS) is 11.4. The monoisotopic (exact) mass is 1450 g/mol. The summed E-state index contributed by atoms with van der Waals surface area (Å²) in [5.41, 5.74) is 12.0. The van der Waals surface area contributed by atoms with E-state index >= 15 is 0 Å². The van der Waals surface area contributed by atoms with Gasteiger partial charge in [-0.2, -0.15) is 0 Å². The second-order valence-electron chi connectivity index (χ2n) is 20.0. The SMILES string of the molecule is COCCOCCOCCOc1ccc(-c2c3nc(c(-c4ccc(OC(C(=O)O)C(=O)O)cc4)c4nc(c(-c5ccc(OCCOCCOCCOC)cc5)c5ccc([nH]5)c(-c5ccc(OCCOCCOCCOC)cc5)c5ccc2[nH]5)C=C4)C=C3)cc1.N.N.[Pt+2]. The molecule has 0 spiro atoms. The first kappa shape index (κ1) is 72.9. The molecule has 10 N–H and O–H groups in total. The average molecular weight is 1450 g/mol. The minimum atomic E-state index is -2.11. The molecular weight excluding hydrogens is 1370 g/mol. The van der Waals surface area contributed by atoms with E-state index in [9.17, 15) is 19.8 Å². The number of aliphatic carboxylic acids is 2. The van der Waals surface area contributed by atoms with Crippen molar-refractivity contribution in [2.75, 3.05) is 140 Å². The van der Waals surface area contributed by atoms with Crippen molar-refractivity contribution >= 4 is 58.3 Å². The molecular formula is C68H80N6O17Pt+2. The van der Waals surface area contributed by atoms with Crippen molar-refractivity contribution in [3.05, 3.63) is 144 Å². The van der Waals surface area contributed by atoms with Gasteiger partial charge < -0.3 is 94.1 Å². The van der Waals surface area contributed by atoms with Crippen molar-refractivity contribution in [2.24, 2.45) is 0 Å². The number of rotatable bonds is 38. The van der Waals surface area contributed by atoms with Crippen LogP contribution in [-0.4, -0.2) is 188 Å². The third-order valence-electron chi connectivity index (χ3n) is 13.9. The Hall–Kier alpha value is -8.13. The Balaban J connectivity index is 0.00000448. The minimum Gasteiger partial charge on any atom is -0.491 e. The van der Waals surface area contributed by atoms with E-state index in [-0.39, 0.29) is 39.1 Å². The second-order valence-corrected chi connectivity index (χ2v) is 20.0. The van der Waals surface area contributed by atoms with Gasteiger partial charge in [0.25, 0.3) is 6.10 Å². The third kappa shape index (κ3) is 20.7. The van der Waals surface area contributed by atoms with Crippen LogP contribution in [0.5, 0.6) is 23.0 Å². The average Bonchev–Trinajstić information content (AvgIpc) is 1.62. The zero-order valence-corrected chi connectivity index (χ0v) is 54.1. The van der Waals surface area contributed by atoms with Crippen LogP contribution in [0.2, 0.25) is 0 Å². The maximum Gasteiger partial charge on any atom is 2.00 e. The number of benzene rings is 4. The Morgan fingerprint density at radius 3 is 0.902 bits per heavy atom. The van der Waals surface area contributed by atoms with Gasteiger partial charge in [0.05, 0.1) is 122 Å². The maximum absolute atomic E-state index is 11.8. The number of nitrogens with zero attached hydrogens (tertiary/aromatic N) is 2. The first-order valence-electron chi connectivity index (χ1n) is 29.2. The van der Waals surface area contributed by atoms with Crippen LogP contribution in [0.25, 0.3) is 90.9 Å². The summed E-state index contributed by atoms with van der Waals surface area (Å²) < 4.78 is 72.6. The molecule has 23 nitrogen and oxygen atoms in total. The Bertz CT molecular complexity index is 3460. The van der Waals surface area contributed by atoms with Gasteiger partial charge in [0, 0.05) is 65.7 Å². The van der Waals surface area contributed by atoms with Gasteiger partial charge in [-0.1, -0.05) is 48.5 Å². The predicted octanol–water partition coefficient (Wildman–Crippen LogP) is 10.7. The molecule has 5 heterocycles. The number of ether oxygens (including phenoxy) is 13. The van der Waals surface area contributed by atoms with Crippen molar-refractivity contribution in [1.29, 1.82) is 0 Å². The summed E-state index contributed by atoms with van der Waals surface area (Å²) in [5, 5.41) is 19.2. The number of H-pyrrole nitrogens is 2. The van der Waals surface area contributed by atoms with Gasteiger partial charge in [-0.15, -0.1) is 0 Å². The van der Waals surface area contributed by atoms with Crippen LogP contribution in [0.3, 0.4) is 0 Å². The number of aromatic nitrogens is 4. The summed E-state index contributed by atoms with van der Waals surface area (Å²) in [6.45, 7) is 7.93. The molecule has 3 aromatic heterocycles. The fourth-order valence-electron chi connectivity index (χ4n) is 9.66. The van der Waals surface area contributed by atoms with Crippen LogP contribution in [-0.2, 0) is 73.3 Å². The van der Waals surface area contributed by atoms with Crippen molar-refractivity contribution in [1.82, 2.24) is 32.2 Å². The second kappa shape index (κ2) is 38.7. The van der Waals surface area contributed by atoms with Crippen molar-refractivity contribution in [3.63, 3.8) is 0 Å². The molecule has 0 saturated carbocycles. The number of carboxylic acid groups (broad SMARTS) is 2. The van der Waals surface area contributed by atoms with Gasteiger partial charge in [0.15, 0.2) is 0 Å². The molecule has 492 valence electrons. The van der Waals surface area contributed by atoms with Gasteiger partial charge in [-0.05, 0) is 119 Å². The Morgan fingerprint density at radius 1 is 0.348 bits per heavy atom. The molecule has 0 fully saturated rings. The van der Waals surface area contributed by atoms with E-state index in [2.05, 4.69) is 22.1 Å². The molecule has 2 aliphatic heterocycles. The van der Waals surface area contributed by atoms with E-state index in [0.29, 0.717) is 170 Å². The van der Waals surface area contributed by atoms with Crippen LogP contribution in [0.15, 0.2) is 121 Å². The van der Waals surface area contributed by atoms with E-state index in [0.717, 1.165) is 55.4 Å². The molecule has 0 atom stereocenters. The Morgan fingerprint density at radius 2 is 0.598 bits per heavy atom. The minimum absolute atomic E-state index is 0. The van der Waals surface area contributed by atoms with E-state index in [4.69, 9.17) is 71.5 Å². The largest absolute Gasteiger partial charge is 2.00 e. The van der Waals surface area contributed by atoms with Crippen molar-refractivity contribution < 1.29 is 102 Å². The zero-order chi connectivity index (χ0) is 62.0. The van der Waals surface area contributed by atoms with Crippen molar-refractivity contribution in [3.8, 4) is 67.5 Å². The molecule has 0 unspecified atom stereocenters. The summed E-state index contributed by atoms with van der Waals surface area (Å²) in [5.74, 6) is -1.22. The van der Waals surface area contributed by atoms with E-state index < -0.39 is 18.0 Å². The summed E-state index contributed by atoms with van der Waals surface area (Å²) >= 11 is 0. The molecule has 0 radical (unpaired) electrons. The number of nitrogens with one attached hydrogen (secondary N) is 2. The molecule has 0 saturated heterocycles. The van der Waals surface area contributed by atoms with Crippen LogP contribution in [0, 0.1) is 0 Å². The smallest absolute Gasteiger partial charge is 0.491 e. The van der Waals surface area contributed by atoms with Gasteiger partial charge in [0.1, 0.15) is 42.8 Å². The third-order valence-corrected chi connectivity index (χ3v) is 13.9. The number of hydrogen-bond acceptors (Lipinski definition) is 19. The molecule has 24 heteroatoms. The van der Waals surface area contributed by atoms with Crippen LogP contribution >= 0.6 is 0 Å². The summed E-state index contributed by atoms with van der Waals surface area (Å²) in [6.07, 6.45) is 5.68. The molecule has 2 aliphatic rings. The van der Waals surface area contributed by atoms with E-state index in [1.165, 1.54) is 12.1 Å². The number of methoxy groups -OCH3 is 3. The summed E-state index contributed by atoms with van der Waals surface area (Å²) in [4.78, 5) is 42.1. The number of carboxylic acids is 2. The first-order chi connectivity index (χ1) is 43.7. The van der Waals surface area contributed by atoms with Crippen LogP contribution in [0.4, 0.5) is 0 Å². The maximum atomic E-state index is 11.8. The Labute approximate surface area is 548 Å². The molecule has 8 bridgehead atoms. The topological polar surface area (TPSA) is 322 Å². The van der Waals surface area contributed by atoms with E-state index in [1.54, 1.807) is 33.5 Å². The van der Waals surface area contributed by atoms with Crippen molar-refractivity contribution in [2.45, 2.75) is 6.10 Å². The Kier molecular flexibility index (Phi) is 30.6. The van der Waals surface area contributed by atoms with E-state index in [1.807, 2.05) is 109 Å². The summed E-state index contributed by atoms with van der Waals surface area (Å²) in [7, 11) is 4.90. The number of fused-ring (bicyclic) bond motifs is 8. The van der Waals surface area contributed by atoms with Crippen LogP contribution < -0.4 is 31.2 Å². The summed E-state index contributed by atoms with van der Waals surface area (Å²) in [6, 6.07) is 38.3. The standard InChI is InChI=1S/C68H74N4O17.2H3N.Pt/c1-77-28-31-80-34-37-83-40-43-86-50-12-4-46(5-13-50)62-54-20-22-56(69-54)63(47-6-14-51(15-7-47)87-44-41-84-38-35-81-32-29-78-2)58-24-26-60(71-58)65(49-10-18-53(19-11-49)89-66(67(73)74)68(75)76)61-27-25-59(72-61)64(57-23-21-55(62)70-57)48-8-16-52(17-9-48)88-45-42-85-39-36-82-33-30-79-3;;;/h4-27,66,69-70H,28-45H2,1-3H3,(H,73,74)(H,75,76);2*1H3;/q;;;+2. The molecule has 0 aliphatic carbocycles. The van der Waals surface area contributed by atoms with Gasteiger partial charge in [-0.3, -0.25) is 0 Å². The first-order valence-corrected chi connectivity index (χ1v) is 29.2. The van der Waals surface area contributed by atoms with Gasteiger partial charge >= 0.3 is 33.0 Å². The molecule has 7 aromatic rings. The van der Waals surface area contributed by atoms with Gasteiger partial charge in [-0.25, -0.2) is 19.6 Å². The fraction of sp³-hybridized carbons (Fsp3) is 0.324. The fourth-order valence-corrected chi connectivity index (χ4v) is 9.66. The zero-order valence-electron chi connectivity index (χ0n) is 51.8. The number of aromatic amines is 2. The molecule has 4 aromatic carbocycles. The van der Waals surface area contributed by atoms with Crippen LogP contribution in [0.1, 0.15) is 22.8 Å². The predicted molar refractivity (Wildman–Crippen MR) is 347 cm³/mol. The van der Waals surface area contributed by atoms with Gasteiger partial charge in [0.2, 0.25) is 0 Å². The molecule has 92 heavy (non-hydrogen) atoms. The molecule has 0 amide bonds. The quantitative estimate of drug-likeness (QED) is 0.0155. The number of hydrogen-bond donors (Lipinski definition) is 6. The number of carbonyl (C=O) groups is 2. The molecule has 9 rings (SSSR count).